The minimum atomic E-state index is 0.895. The van der Waals surface area contributed by atoms with Crippen LogP contribution >= 0.6 is 11.3 Å². The van der Waals surface area contributed by atoms with Crippen LogP contribution in [0.4, 0.5) is 0 Å². The lowest BCUT2D eigenvalue weighted by atomic mass is 9.97. The van der Waals surface area contributed by atoms with Gasteiger partial charge in [0.05, 0.1) is 40.2 Å². The zero-order chi connectivity index (χ0) is 22.1. The first-order valence-corrected chi connectivity index (χ1v) is 11.5. The van der Waals surface area contributed by atoms with Crippen LogP contribution in [0.1, 0.15) is 11.6 Å². The second-order valence-corrected chi connectivity index (χ2v) is 9.45. The lowest BCUT2D eigenvalue weighted by Crippen LogP contribution is -1.87. The molecule has 2 N–H and O–H groups in total. The first kappa shape index (κ1) is 18.5. The fourth-order valence-corrected chi connectivity index (χ4v) is 5.73. The summed E-state index contributed by atoms with van der Waals surface area (Å²) in [6.07, 6.45) is 5.54. The van der Waals surface area contributed by atoms with Crippen LogP contribution in [0.15, 0.2) is 61.1 Å². The Morgan fingerprint density at radius 3 is 2.39 bits per heavy atom. The maximum absolute atomic E-state index is 4.71. The second-order valence-electron chi connectivity index (χ2n) is 8.37. The summed E-state index contributed by atoms with van der Waals surface area (Å²) in [5.41, 5.74) is 5.41. The van der Waals surface area contributed by atoms with Crippen LogP contribution in [-0.4, -0.2) is 30.1 Å². The van der Waals surface area contributed by atoms with Gasteiger partial charge in [0.2, 0.25) is 0 Å². The van der Waals surface area contributed by atoms with E-state index in [1.54, 1.807) is 17.5 Å². The van der Waals surface area contributed by atoms with Crippen molar-refractivity contribution in [3.63, 3.8) is 0 Å². The van der Waals surface area contributed by atoms with Crippen LogP contribution in [0.5, 0.6) is 0 Å². The van der Waals surface area contributed by atoms with Crippen molar-refractivity contribution in [2.45, 2.75) is 13.8 Å². The number of fused-ring (bicyclic) bond motifs is 7. The number of aromatic nitrogens is 6. The number of H-pyrrole nitrogens is 2. The zero-order valence-corrected chi connectivity index (χ0v) is 18.8. The molecule has 3 aromatic carbocycles. The molecule has 0 bridgehead atoms. The van der Waals surface area contributed by atoms with Gasteiger partial charge >= 0.3 is 0 Å². The number of hydrogen-bond acceptors (Lipinski definition) is 5. The van der Waals surface area contributed by atoms with Crippen LogP contribution < -0.4 is 0 Å². The minimum Gasteiger partial charge on any atom is -0.342 e. The Bertz CT molecular complexity index is 1860. The molecule has 0 aliphatic heterocycles. The molecule has 158 valence electrons. The molecule has 0 atom stereocenters. The normalized spacial score (nSPS) is 11.9. The van der Waals surface area contributed by atoms with Gasteiger partial charge in [0.1, 0.15) is 11.6 Å². The second kappa shape index (κ2) is 6.70. The number of rotatable bonds is 2. The average molecular weight is 447 g/mol. The highest BCUT2D eigenvalue weighted by molar-refractivity contribution is 7.22. The van der Waals surface area contributed by atoms with E-state index >= 15 is 0 Å². The van der Waals surface area contributed by atoms with Crippen molar-refractivity contribution in [1.29, 1.82) is 0 Å². The summed E-state index contributed by atoms with van der Waals surface area (Å²) < 4.78 is 1.25. The molecule has 0 radical (unpaired) electrons. The van der Waals surface area contributed by atoms with Crippen molar-refractivity contribution in [3.05, 3.63) is 72.7 Å². The van der Waals surface area contributed by atoms with Crippen molar-refractivity contribution in [2.75, 3.05) is 0 Å². The van der Waals surface area contributed by atoms with Crippen molar-refractivity contribution in [2.24, 2.45) is 0 Å². The zero-order valence-electron chi connectivity index (χ0n) is 18.0. The van der Waals surface area contributed by atoms with Gasteiger partial charge in [-0.15, -0.1) is 11.3 Å². The third kappa shape index (κ3) is 2.79. The summed E-state index contributed by atoms with van der Waals surface area (Å²) >= 11 is 1.78. The molecule has 4 aromatic heterocycles. The largest absolute Gasteiger partial charge is 0.342 e. The smallest absolute Gasteiger partial charge is 0.104 e. The van der Waals surface area contributed by atoms with Gasteiger partial charge in [-0.3, -0.25) is 0 Å². The Labute approximate surface area is 192 Å². The predicted octanol–water partition coefficient (Wildman–Crippen LogP) is 6.55. The fraction of sp³-hybridized carbons (Fsp3) is 0.0769. The van der Waals surface area contributed by atoms with Crippen LogP contribution in [0.3, 0.4) is 0 Å². The van der Waals surface area contributed by atoms with Gasteiger partial charge in [-0.1, -0.05) is 24.3 Å². The summed E-state index contributed by atoms with van der Waals surface area (Å²) in [5, 5.41) is 13.9. The maximum atomic E-state index is 4.71. The molecule has 7 rings (SSSR count). The minimum absolute atomic E-state index is 0.895. The highest BCUT2D eigenvalue weighted by atomic mass is 32.1. The molecule has 0 unspecified atom stereocenters. The predicted molar refractivity (Wildman–Crippen MR) is 135 cm³/mol. The van der Waals surface area contributed by atoms with Gasteiger partial charge in [-0.05, 0) is 53.9 Å². The number of benzene rings is 3. The number of nitrogens with one attached hydrogen (secondary N) is 2. The highest BCUT2D eigenvalue weighted by Crippen LogP contribution is 2.38. The Balaban J connectivity index is 1.43. The monoisotopic (exact) mass is 446 g/mol. The van der Waals surface area contributed by atoms with Gasteiger partial charge in [-0.2, -0.15) is 10.2 Å². The molecule has 0 fully saturated rings. The van der Waals surface area contributed by atoms with E-state index in [0.29, 0.717) is 0 Å². The Morgan fingerprint density at radius 1 is 0.727 bits per heavy atom. The van der Waals surface area contributed by atoms with Crippen molar-refractivity contribution >= 4 is 54.0 Å². The lowest BCUT2D eigenvalue weighted by molar-refractivity contribution is 1.05. The number of hydrogen-bond donors (Lipinski definition) is 2. The van der Waals surface area contributed by atoms with Crippen LogP contribution in [-0.2, 0) is 0 Å². The Morgan fingerprint density at radius 2 is 1.55 bits per heavy atom. The molecular formula is C26H18N6S. The van der Waals surface area contributed by atoms with Crippen LogP contribution in [0, 0.1) is 13.8 Å². The van der Waals surface area contributed by atoms with E-state index < -0.39 is 0 Å². The van der Waals surface area contributed by atoms with Gasteiger partial charge in [0.25, 0.3) is 0 Å². The molecule has 0 aliphatic carbocycles. The Kier molecular flexibility index (Phi) is 3.75. The van der Waals surface area contributed by atoms with E-state index in [4.69, 9.17) is 4.98 Å². The Hall–Kier alpha value is -4.10. The third-order valence-corrected chi connectivity index (χ3v) is 7.34. The van der Waals surface area contributed by atoms with Crippen molar-refractivity contribution in [1.82, 2.24) is 30.1 Å². The fourth-order valence-electron chi connectivity index (χ4n) is 4.66. The highest BCUT2D eigenvalue weighted by Gasteiger charge is 2.14. The molecule has 4 heterocycles. The molecule has 7 aromatic rings. The molecular weight excluding hydrogens is 428 g/mol. The van der Waals surface area contributed by atoms with Gasteiger partial charge < -0.3 is 9.97 Å². The molecule has 7 heteroatoms. The molecule has 6 nitrogen and oxygen atoms in total. The summed E-state index contributed by atoms with van der Waals surface area (Å²) in [6.45, 7) is 3.96. The summed E-state index contributed by atoms with van der Waals surface area (Å²) in [5.74, 6) is 1.82. The SMILES string of the molecule is Cc1ncc(-c2cc3ccc(-c4ccc5c(c4)c4cnncc4c4nc(C)[nH]c54)cc3s2)[nH]1. The van der Waals surface area contributed by atoms with E-state index in [1.807, 2.05) is 26.2 Å². The maximum Gasteiger partial charge on any atom is 0.104 e. The summed E-state index contributed by atoms with van der Waals surface area (Å²) in [6, 6.07) is 15.5. The number of aryl methyl sites for hydroxylation is 2. The van der Waals surface area contributed by atoms with Gasteiger partial charge in [-0.25, -0.2) is 9.97 Å². The number of aromatic amines is 2. The van der Waals surface area contributed by atoms with Crippen LogP contribution in [0.25, 0.3) is 64.4 Å². The van der Waals surface area contributed by atoms with Crippen LogP contribution in [0.2, 0.25) is 0 Å². The van der Waals surface area contributed by atoms with E-state index in [0.717, 1.165) is 49.9 Å². The number of nitrogens with zero attached hydrogens (tertiary/aromatic N) is 4. The lowest BCUT2D eigenvalue weighted by Gasteiger charge is -2.08. The van der Waals surface area contributed by atoms with Gasteiger partial charge in [0.15, 0.2) is 0 Å². The summed E-state index contributed by atoms with van der Waals surface area (Å²) in [4.78, 5) is 17.0. The van der Waals surface area contributed by atoms with Gasteiger partial charge in [0, 0.05) is 20.9 Å². The van der Waals surface area contributed by atoms with E-state index in [-0.39, 0.29) is 0 Å². The number of thiophene rings is 1. The molecule has 0 saturated heterocycles. The van der Waals surface area contributed by atoms with Crippen molar-refractivity contribution < 1.29 is 0 Å². The van der Waals surface area contributed by atoms with E-state index in [9.17, 15) is 0 Å². The van der Waals surface area contributed by atoms with Crippen molar-refractivity contribution in [3.8, 4) is 21.7 Å². The third-order valence-electron chi connectivity index (χ3n) is 6.21. The quantitative estimate of drug-likeness (QED) is 0.295. The summed E-state index contributed by atoms with van der Waals surface area (Å²) in [7, 11) is 0. The first-order valence-electron chi connectivity index (χ1n) is 10.7. The average Bonchev–Trinajstić information content (AvgIpc) is 3.56. The topological polar surface area (TPSA) is 83.1 Å². The molecule has 33 heavy (non-hydrogen) atoms. The molecule has 0 saturated carbocycles. The van der Waals surface area contributed by atoms with E-state index in [1.165, 1.54) is 26.1 Å². The van der Waals surface area contributed by atoms with E-state index in [2.05, 4.69) is 67.6 Å². The molecule has 0 aliphatic rings. The molecule has 0 amide bonds. The molecule has 0 spiro atoms. The standard InChI is InChI=1S/C26H18N6S/c1-13-27-12-22(30-13)24-9-17-4-3-16(8-23(17)33-24)15-5-6-18-19(7-15)20-10-28-29-11-21(20)26-25(18)31-14(2)32-26/h3-12H,1-2H3,(H,27,30)(H,31,32). The first-order chi connectivity index (χ1) is 16.1. The number of imidazole rings is 2.